The maximum Gasteiger partial charge on any atom is 0.347 e. The topological polar surface area (TPSA) is 74.6 Å². The van der Waals surface area contributed by atoms with Crippen molar-refractivity contribution in [2.24, 2.45) is 0 Å². The van der Waals surface area contributed by atoms with Crippen LogP contribution in [0.3, 0.4) is 0 Å². The third-order valence-corrected chi connectivity index (χ3v) is 11.0. The van der Waals surface area contributed by atoms with Gasteiger partial charge in [-0.1, -0.05) is 89.3 Å². The molecule has 0 fully saturated rings. The largest absolute Gasteiger partial charge is 0.477 e. The van der Waals surface area contributed by atoms with Crippen LogP contribution in [-0.4, -0.2) is 22.2 Å². The molecule has 0 saturated heterocycles. The Labute approximate surface area is 227 Å². The van der Waals surface area contributed by atoms with Crippen LogP contribution in [0, 0.1) is 0 Å². The molecule has 2 heterocycles. The van der Waals surface area contributed by atoms with Gasteiger partial charge in [-0.15, -0.1) is 22.7 Å². The summed E-state index contributed by atoms with van der Waals surface area (Å²) >= 11 is 5.07. The number of benzene rings is 2. The second-order valence-electron chi connectivity index (χ2n) is 10.5. The molecular weight excluding hydrogens is 529 g/mol. The summed E-state index contributed by atoms with van der Waals surface area (Å²) in [6.07, 6.45) is 0. The number of hydrogen-bond acceptors (Lipinski definition) is 6. The predicted octanol–water partition coefficient (Wildman–Crippen LogP) is 9.26. The van der Waals surface area contributed by atoms with Crippen molar-refractivity contribution in [3.63, 3.8) is 0 Å². The maximum absolute atomic E-state index is 12.2. The van der Waals surface area contributed by atoms with Gasteiger partial charge in [0.15, 0.2) is 0 Å². The molecule has 0 bridgehead atoms. The van der Waals surface area contributed by atoms with Crippen LogP contribution in [0.2, 0.25) is 0 Å². The number of carboxylic acids is 2. The fourth-order valence-electron chi connectivity index (χ4n) is 3.64. The van der Waals surface area contributed by atoms with E-state index in [1.54, 1.807) is 0 Å². The second-order valence-corrected chi connectivity index (χ2v) is 14.8. The summed E-state index contributed by atoms with van der Waals surface area (Å²) in [5, 5.41) is 19.9. The highest BCUT2D eigenvalue weighted by Gasteiger charge is 2.28. The molecule has 2 aromatic carbocycles. The zero-order valence-corrected chi connectivity index (χ0v) is 24.2. The first kappa shape index (κ1) is 26.8. The molecule has 0 amide bonds. The Morgan fingerprint density at radius 2 is 0.917 bits per heavy atom. The summed E-state index contributed by atoms with van der Waals surface area (Å²) in [6.45, 7) is 12.9. The fourth-order valence-corrected chi connectivity index (χ4v) is 8.67. The number of thiophene rings is 2. The van der Waals surface area contributed by atoms with Gasteiger partial charge in [0.05, 0.1) is 19.2 Å². The van der Waals surface area contributed by atoms with E-state index in [0.29, 0.717) is 19.2 Å². The summed E-state index contributed by atoms with van der Waals surface area (Å²) in [4.78, 5) is 27.9. The number of carbonyl (C=O) groups is 2. The molecule has 4 rings (SSSR count). The molecule has 0 aliphatic rings. The van der Waals surface area contributed by atoms with E-state index >= 15 is 0 Å². The molecule has 0 spiro atoms. The van der Waals surface area contributed by atoms with Crippen LogP contribution in [-0.2, 0) is 10.8 Å². The molecule has 0 aliphatic carbocycles. The van der Waals surface area contributed by atoms with Crippen molar-refractivity contribution in [1.82, 2.24) is 0 Å². The predicted molar refractivity (Wildman–Crippen MR) is 152 cm³/mol. The van der Waals surface area contributed by atoms with Gasteiger partial charge in [0.2, 0.25) is 0 Å². The summed E-state index contributed by atoms with van der Waals surface area (Å²) < 4.78 is 1.43. The lowest BCUT2D eigenvalue weighted by atomic mass is 9.87. The monoisotopic (exact) mass is 556 g/mol. The Kier molecular flexibility index (Phi) is 7.36. The first-order valence-electron chi connectivity index (χ1n) is 11.4. The number of aromatic carboxylic acids is 2. The van der Waals surface area contributed by atoms with Crippen LogP contribution in [0.1, 0.15) is 72.0 Å². The molecule has 0 saturated carbocycles. The zero-order chi connectivity index (χ0) is 26.4. The van der Waals surface area contributed by atoms with Gasteiger partial charge < -0.3 is 10.2 Å². The van der Waals surface area contributed by atoms with Crippen LogP contribution in [0.4, 0.5) is 0 Å². The minimum atomic E-state index is -1.00. The molecule has 36 heavy (non-hydrogen) atoms. The highest BCUT2D eigenvalue weighted by atomic mass is 32.2. The minimum absolute atomic E-state index is 0.0203. The lowest BCUT2D eigenvalue weighted by molar-refractivity contribution is 0.0688. The average molecular weight is 557 g/mol. The molecule has 0 radical (unpaired) electrons. The summed E-state index contributed by atoms with van der Waals surface area (Å²) in [5.41, 5.74) is 2.43. The van der Waals surface area contributed by atoms with E-state index in [2.05, 4.69) is 65.8 Å². The Morgan fingerprint density at radius 3 is 1.17 bits per heavy atom. The van der Waals surface area contributed by atoms with Gasteiger partial charge in [-0.25, -0.2) is 9.59 Å². The Morgan fingerprint density at radius 1 is 0.611 bits per heavy atom. The van der Waals surface area contributed by atoms with Gasteiger partial charge in [-0.2, -0.15) is 0 Å². The smallest absolute Gasteiger partial charge is 0.347 e. The second kappa shape index (κ2) is 9.89. The highest BCUT2D eigenvalue weighted by Crippen LogP contribution is 2.51. The van der Waals surface area contributed by atoms with Gasteiger partial charge in [-0.05, 0) is 46.2 Å². The lowest BCUT2D eigenvalue weighted by Crippen LogP contribution is -2.10. The minimum Gasteiger partial charge on any atom is -0.477 e. The van der Waals surface area contributed by atoms with E-state index in [1.807, 2.05) is 24.3 Å². The first-order chi connectivity index (χ1) is 16.8. The van der Waals surface area contributed by atoms with Crippen LogP contribution < -0.4 is 0 Å². The van der Waals surface area contributed by atoms with E-state index in [9.17, 15) is 19.8 Å². The highest BCUT2D eigenvalue weighted by molar-refractivity contribution is 8.00. The summed E-state index contributed by atoms with van der Waals surface area (Å²) in [6, 6.07) is 16.2. The normalized spacial score (nSPS) is 12.3. The fraction of sp³-hybridized carbons (Fsp3) is 0.286. The van der Waals surface area contributed by atoms with Crippen molar-refractivity contribution < 1.29 is 19.8 Å². The Balaban J connectivity index is 1.77. The van der Waals surface area contributed by atoms with Crippen LogP contribution in [0.25, 0.3) is 9.40 Å². The molecule has 2 aromatic heterocycles. The molecular formula is C28H28O4S4. The van der Waals surface area contributed by atoms with E-state index in [0.717, 1.165) is 32.5 Å². The SMILES string of the molecule is CC(C)(C)c1ccc(Sc2c(C(=O)O)sc3c(Sc4ccc(C(C)(C)C)cc4)c(C(=O)O)sc23)cc1. The Hall–Kier alpha value is -2.26. The van der Waals surface area contributed by atoms with E-state index in [4.69, 9.17) is 0 Å². The molecule has 4 nitrogen and oxygen atoms in total. The summed E-state index contributed by atoms with van der Waals surface area (Å²) in [5.74, 6) is -2.00. The first-order valence-corrected chi connectivity index (χ1v) is 14.6. The lowest BCUT2D eigenvalue weighted by Gasteiger charge is -2.19. The molecule has 2 N–H and O–H groups in total. The number of carboxylic acid groups (broad SMARTS) is 2. The van der Waals surface area contributed by atoms with Gasteiger partial charge in [0.1, 0.15) is 9.75 Å². The third kappa shape index (κ3) is 5.52. The van der Waals surface area contributed by atoms with E-state index in [-0.39, 0.29) is 20.6 Å². The molecule has 0 atom stereocenters. The van der Waals surface area contributed by atoms with Crippen molar-refractivity contribution in [1.29, 1.82) is 0 Å². The van der Waals surface area contributed by atoms with E-state index < -0.39 is 11.9 Å². The van der Waals surface area contributed by atoms with Gasteiger partial charge >= 0.3 is 11.9 Å². The van der Waals surface area contributed by atoms with Crippen LogP contribution in [0.15, 0.2) is 68.1 Å². The molecule has 0 unspecified atom stereocenters. The van der Waals surface area contributed by atoms with Crippen LogP contribution in [0.5, 0.6) is 0 Å². The third-order valence-electron chi connectivity index (χ3n) is 5.71. The van der Waals surface area contributed by atoms with Crippen LogP contribution >= 0.6 is 46.2 Å². The summed E-state index contributed by atoms with van der Waals surface area (Å²) in [7, 11) is 0. The van der Waals surface area contributed by atoms with Crippen molar-refractivity contribution in [3.8, 4) is 0 Å². The van der Waals surface area contributed by atoms with Gasteiger partial charge in [0, 0.05) is 9.79 Å². The Bertz CT molecular complexity index is 1320. The van der Waals surface area contributed by atoms with Crippen molar-refractivity contribution in [3.05, 3.63) is 69.4 Å². The number of fused-ring (bicyclic) bond motifs is 1. The average Bonchev–Trinajstić information content (AvgIpc) is 3.31. The van der Waals surface area contributed by atoms with Crippen molar-refractivity contribution in [2.75, 3.05) is 0 Å². The molecule has 188 valence electrons. The number of rotatable bonds is 6. The number of hydrogen-bond donors (Lipinski definition) is 2. The molecule has 8 heteroatoms. The van der Waals surface area contributed by atoms with E-state index in [1.165, 1.54) is 34.7 Å². The zero-order valence-electron chi connectivity index (χ0n) is 21.0. The molecule has 4 aromatic rings. The standard InChI is InChI=1S/C28H28O4S4/c1-27(2,3)15-7-11-17(12-8-15)33-21-19-20(36-23(21)25(29)30)22(24(35-19)26(31)32)34-18-13-9-16(10-14-18)28(4,5)6/h7-14H,1-6H3,(H,29,30)(H,31,32). The van der Waals surface area contributed by atoms with Gasteiger partial charge in [0.25, 0.3) is 0 Å². The quantitative estimate of drug-likeness (QED) is 0.246. The van der Waals surface area contributed by atoms with Crippen molar-refractivity contribution in [2.45, 2.75) is 72.0 Å². The molecule has 0 aliphatic heterocycles. The maximum atomic E-state index is 12.2. The van der Waals surface area contributed by atoms with Gasteiger partial charge in [-0.3, -0.25) is 0 Å². The van der Waals surface area contributed by atoms with Crippen molar-refractivity contribution >= 4 is 67.5 Å².